The molecule has 2 atom stereocenters. The molecule has 1 fully saturated rings. The number of pyridine rings is 1. The summed E-state index contributed by atoms with van der Waals surface area (Å²) in [5.41, 5.74) is 7.79. The molecule has 1 aliphatic heterocycles. The number of nitrogens with one attached hydrogen (secondary N) is 2. The van der Waals surface area contributed by atoms with Gasteiger partial charge in [0.25, 0.3) is 0 Å². The maximum Gasteiger partial charge on any atom is 0.229 e. The van der Waals surface area contributed by atoms with Gasteiger partial charge in [0.15, 0.2) is 5.11 Å². The molecular weight excluding hydrogens is 542 g/mol. The minimum Gasteiger partial charge on any atom is -0.494 e. The van der Waals surface area contributed by atoms with Gasteiger partial charge in [-0.05, 0) is 80.0 Å². The lowest BCUT2D eigenvalue weighted by molar-refractivity contribution is 0.417. The van der Waals surface area contributed by atoms with Gasteiger partial charge >= 0.3 is 0 Å². The van der Waals surface area contributed by atoms with Gasteiger partial charge < -0.3 is 19.5 Å². The van der Waals surface area contributed by atoms with Gasteiger partial charge in [-0.15, -0.1) is 0 Å². The van der Waals surface area contributed by atoms with Crippen LogP contribution in [0.15, 0.2) is 72.9 Å². The lowest BCUT2D eigenvalue weighted by atomic mass is 9.96. The molecule has 0 radical (unpaired) electrons. The van der Waals surface area contributed by atoms with Crippen molar-refractivity contribution in [3.05, 3.63) is 101 Å². The normalized spacial score (nSPS) is 17.1. The average molecular weight is 576 g/mol. The maximum atomic E-state index is 11.9. The zero-order valence-electron chi connectivity index (χ0n) is 23.2. The summed E-state index contributed by atoms with van der Waals surface area (Å²) in [4.78, 5) is 6.74. The van der Waals surface area contributed by atoms with E-state index in [4.69, 9.17) is 17.0 Å². The summed E-state index contributed by atoms with van der Waals surface area (Å²) < 4.78 is 34.2. The molecule has 8 nitrogen and oxygen atoms in total. The molecule has 0 amide bonds. The van der Waals surface area contributed by atoms with Gasteiger partial charge in [-0.25, -0.2) is 8.42 Å². The van der Waals surface area contributed by atoms with Crippen molar-refractivity contribution in [3.63, 3.8) is 0 Å². The van der Waals surface area contributed by atoms with Crippen molar-refractivity contribution in [2.45, 2.75) is 39.3 Å². The lowest BCUT2D eigenvalue weighted by Gasteiger charge is -2.29. The summed E-state index contributed by atoms with van der Waals surface area (Å²) >= 11 is 5.92. The standard InChI is InChI=1S/C30H33N5O3S2/c1-6-21-11-7-8-13-26(21)34-19(2)17-23(20(34)3)29-28(25-12-9-10-16-31-25)32-30(39)35(29)22-14-15-24(27(18-22)38-4)33-40(5,36)37/h7-18,28-29,33H,6H2,1-5H3,(H,32,39). The van der Waals surface area contributed by atoms with Gasteiger partial charge in [-0.1, -0.05) is 31.2 Å². The highest BCUT2D eigenvalue weighted by Gasteiger charge is 2.42. The summed E-state index contributed by atoms with van der Waals surface area (Å²) in [6, 6.07) is 21.5. The van der Waals surface area contributed by atoms with Crippen molar-refractivity contribution >= 4 is 38.7 Å². The molecule has 4 aromatic rings. The third-order valence-electron chi connectivity index (χ3n) is 7.26. The van der Waals surface area contributed by atoms with Crippen molar-refractivity contribution in [2.24, 2.45) is 0 Å². The van der Waals surface area contributed by atoms with E-state index in [1.54, 1.807) is 18.3 Å². The Balaban J connectivity index is 1.68. The molecule has 2 N–H and O–H groups in total. The third-order valence-corrected chi connectivity index (χ3v) is 8.16. The summed E-state index contributed by atoms with van der Waals surface area (Å²) in [5.74, 6) is 0.396. The summed E-state index contributed by atoms with van der Waals surface area (Å²) in [6.07, 6.45) is 3.82. The van der Waals surface area contributed by atoms with Gasteiger partial charge in [0.2, 0.25) is 10.0 Å². The molecule has 10 heteroatoms. The first-order valence-electron chi connectivity index (χ1n) is 13.1. The van der Waals surface area contributed by atoms with E-state index in [2.05, 4.69) is 75.6 Å². The highest BCUT2D eigenvalue weighted by atomic mass is 32.2. The van der Waals surface area contributed by atoms with E-state index in [0.29, 0.717) is 16.5 Å². The number of para-hydroxylation sites is 1. The fourth-order valence-electron chi connectivity index (χ4n) is 5.55. The fourth-order valence-corrected chi connectivity index (χ4v) is 6.46. The molecular formula is C30H33N5O3S2. The van der Waals surface area contributed by atoms with E-state index < -0.39 is 10.0 Å². The van der Waals surface area contributed by atoms with E-state index in [1.807, 2.05) is 24.3 Å². The number of aromatic nitrogens is 2. The van der Waals surface area contributed by atoms with E-state index in [0.717, 1.165) is 41.0 Å². The molecule has 208 valence electrons. The molecule has 0 saturated carbocycles. The number of thiocarbonyl (C=S) groups is 1. The zero-order chi connectivity index (χ0) is 28.6. The van der Waals surface area contributed by atoms with Gasteiger partial charge in [0.1, 0.15) is 5.75 Å². The number of anilines is 2. The van der Waals surface area contributed by atoms with E-state index in [9.17, 15) is 8.42 Å². The molecule has 0 spiro atoms. The maximum absolute atomic E-state index is 11.9. The second-order valence-electron chi connectivity index (χ2n) is 9.90. The summed E-state index contributed by atoms with van der Waals surface area (Å²) in [6.45, 7) is 6.43. The molecule has 0 bridgehead atoms. The highest BCUT2D eigenvalue weighted by molar-refractivity contribution is 7.92. The first-order chi connectivity index (χ1) is 19.1. The molecule has 5 rings (SSSR count). The predicted molar refractivity (Wildman–Crippen MR) is 164 cm³/mol. The van der Waals surface area contributed by atoms with Crippen LogP contribution in [0.5, 0.6) is 5.75 Å². The van der Waals surface area contributed by atoms with Crippen molar-refractivity contribution in [3.8, 4) is 11.4 Å². The Bertz CT molecular complexity index is 1670. The largest absolute Gasteiger partial charge is 0.494 e. The van der Waals surface area contributed by atoms with Crippen molar-refractivity contribution < 1.29 is 13.2 Å². The zero-order valence-corrected chi connectivity index (χ0v) is 24.8. The quantitative estimate of drug-likeness (QED) is 0.264. The summed E-state index contributed by atoms with van der Waals surface area (Å²) in [7, 11) is -1.97. The second kappa shape index (κ2) is 10.9. The predicted octanol–water partition coefficient (Wildman–Crippen LogP) is 5.61. The van der Waals surface area contributed by atoms with Gasteiger partial charge in [0, 0.05) is 35.0 Å². The van der Waals surface area contributed by atoms with Crippen LogP contribution in [0.25, 0.3) is 5.69 Å². The van der Waals surface area contributed by atoms with Gasteiger partial charge in [-0.3, -0.25) is 9.71 Å². The van der Waals surface area contributed by atoms with Crippen LogP contribution >= 0.6 is 12.2 Å². The number of ether oxygens (including phenoxy) is 1. The number of methoxy groups -OCH3 is 1. The molecule has 2 aromatic heterocycles. The number of hydrogen-bond acceptors (Lipinski definition) is 5. The Morgan fingerprint density at radius 1 is 1.07 bits per heavy atom. The van der Waals surface area contributed by atoms with E-state index >= 15 is 0 Å². The minimum atomic E-state index is -3.48. The van der Waals surface area contributed by atoms with Crippen LogP contribution in [0, 0.1) is 13.8 Å². The molecule has 1 aliphatic rings. The van der Waals surface area contributed by atoms with Crippen molar-refractivity contribution in [1.82, 2.24) is 14.9 Å². The van der Waals surface area contributed by atoms with Crippen molar-refractivity contribution in [1.29, 1.82) is 0 Å². The first kappa shape index (κ1) is 27.7. The van der Waals surface area contributed by atoms with Crippen LogP contribution in [0.1, 0.15) is 47.2 Å². The number of aryl methyl sites for hydroxylation is 2. The fraction of sp³-hybridized carbons (Fsp3) is 0.267. The Labute approximate surface area is 241 Å². The van der Waals surface area contributed by atoms with Crippen molar-refractivity contribution in [2.75, 3.05) is 23.0 Å². The SMILES string of the molecule is CCc1ccccc1-n1c(C)cc(C2C(c3ccccn3)NC(=S)N2c2ccc(NS(C)(=O)=O)c(OC)c2)c1C. The Morgan fingerprint density at radius 2 is 1.82 bits per heavy atom. The van der Waals surface area contributed by atoms with Crippen LogP contribution in [-0.2, 0) is 16.4 Å². The third kappa shape index (κ3) is 5.16. The lowest BCUT2D eigenvalue weighted by Crippen LogP contribution is -2.29. The van der Waals surface area contributed by atoms with E-state index in [-0.39, 0.29) is 12.1 Å². The molecule has 2 unspecified atom stereocenters. The Kier molecular flexibility index (Phi) is 7.57. The van der Waals surface area contributed by atoms with Crippen LogP contribution in [0.3, 0.4) is 0 Å². The number of rotatable bonds is 8. The number of benzene rings is 2. The van der Waals surface area contributed by atoms with Crippen LogP contribution in [0.4, 0.5) is 11.4 Å². The Morgan fingerprint density at radius 3 is 2.50 bits per heavy atom. The van der Waals surface area contributed by atoms with Crippen LogP contribution < -0.4 is 19.7 Å². The highest BCUT2D eigenvalue weighted by Crippen LogP contribution is 2.45. The number of nitrogens with zero attached hydrogens (tertiary/aromatic N) is 3. The van der Waals surface area contributed by atoms with Gasteiger partial charge in [-0.2, -0.15) is 0 Å². The molecule has 3 heterocycles. The molecule has 1 saturated heterocycles. The first-order valence-corrected chi connectivity index (χ1v) is 15.4. The van der Waals surface area contributed by atoms with Gasteiger partial charge in [0.05, 0.1) is 36.8 Å². The summed E-state index contributed by atoms with van der Waals surface area (Å²) in [5, 5.41) is 4.06. The topological polar surface area (TPSA) is 88.5 Å². The Hall–Kier alpha value is -3.89. The second-order valence-corrected chi connectivity index (χ2v) is 12.0. The van der Waals surface area contributed by atoms with Crippen LogP contribution in [0.2, 0.25) is 0 Å². The molecule has 0 aliphatic carbocycles. The smallest absolute Gasteiger partial charge is 0.229 e. The molecule has 2 aromatic carbocycles. The van der Waals surface area contributed by atoms with E-state index in [1.165, 1.54) is 18.4 Å². The number of hydrogen-bond donors (Lipinski definition) is 2. The monoisotopic (exact) mass is 575 g/mol. The molecule has 40 heavy (non-hydrogen) atoms. The van der Waals surface area contributed by atoms with Crippen LogP contribution in [-0.4, -0.2) is 36.4 Å². The minimum absolute atomic E-state index is 0.219. The average Bonchev–Trinajstić information content (AvgIpc) is 3.43. The number of sulfonamides is 1.